The van der Waals surface area contributed by atoms with Gasteiger partial charge in [-0.15, -0.1) is 0 Å². The predicted octanol–water partition coefficient (Wildman–Crippen LogP) is 2.42. The second-order valence-corrected chi connectivity index (χ2v) is 4.22. The number of hydrogen-bond donors (Lipinski definition) is 0. The summed E-state index contributed by atoms with van der Waals surface area (Å²) in [4.78, 5) is 12.0. The van der Waals surface area contributed by atoms with Crippen molar-refractivity contribution < 1.29 is 19.0 Å². The van der Waals surface area contributed by atoms with Crippen LogP contribution in [0.3, 0.4) is 0 Å². The lowest BCUT2D eigenvalue weighted by Crippen LogP contribution is -2.25. The number of hydrogen-bond acceptors (Lipinski definition) is 4. The van der Waals surface area contributed by atoms with Crippen LogP contribution >= 0.6 is 0 Å². The van der Waals surface area contributed by atoms with Crippen LogP contribution in [0.2, 0.25) is 0 Å². The molecule has 1 saturated heterocycles. The number of Topliss-reactive ketones (excluding diaryl/α,β-unsaturated/α-hetero) is 1. The molecule has 0 atom stereocenters. The number of ether oxygens (including phenoxy) is 3. The van der Waals surface area contributed by atoms with Crippen LogP contribution in [0.1, 0.15) is 29.6 Å². The van der Waals surface area contributed by atoms with Gasteiger partial charge in [-0.2, -0.15) is 0 Å². The largest absolute Gasteiger partial charge is 0.497 e. The third-order valence-electron chi connectivity index (χ3n) is 2.89. The van der Waals surface area contributed by atoms with E-state index in [1.54, 1.807) is 19.2 Å². The molecule has 4 nitrogen and oxygen atoms in total. The standard InChI is InChI=1S/C14H18O4/c1-16-12-5-2-4-11(10-12)13(15)6-7-14-17-8-3-9-18-14/h2,4-5,10,14H,3,6-9H2,1H3. The highest BCUT2D eigenvalue weighted by molar-refractivity contribution is 5.96. The van der Waals surface area contributed by atoms with E-state index in [0.717, 1.165) is 19.6 Å². The Kier molecular flexibility index (Phi) is 4.73. The van der Waals surface area contributed by atoms with Gasteiger partial charge in [0.05, 0.1) is 20.3 Å². The predicted molar refractivity (Wildman–Crippen MR) is 66.9 cm³/mol. The lowest BCUT2D eigenvalue weighted by Gasteiger charge is -2.22. The minimum Gasteiger partial charge on any atom is -0.497 e. The zero-order valence-electron chi connectivity index (χ0n) is 10.6. The maximum atomic E-state index is 12.0. The summed E-state index contributed by atoms with van der Waals surface area (Å²) >= 11 is 0. The Morgan fingerprint density at radius 3 is 2.89 bits per heavy atom. The van der Waals surface area contributed by atoms with Crippen molar-refractivity contribution in [3.05, 3.63) is 29.8 Å². The van der Waals surface area contributed by atoms with Crippen molar-refractivity contribution in [3.63, 3.8) is 0 Å². The van der Waals surface area contributed by atoms with Gasteiger partial charge in [0.25, 0.3) is 0 Å². The minimum absolute atomic E-state index is 0.0895. The third-order valence-corrected chi connectivity index (χ3v) is 2.89. The van der Waals surface area contributed by atoms with Crippen LogP contribution in [0.4, 0.5) is 0 Å². The molecule has 0 amide bonds. The zero-order chi connectivity index (χ0) is 12.8. The van der Waals surface area contributed by atoms with Crippen molar-refractivity contribution in [3.8, 4) is 5.75 Å². The van der Waals surface area contributed by atoms with Crippen molar-refractivity contribution in [2.24, 2.45) is 0 Å². The molecule has 0 N–H and O–H groups in total. The second kappa shape index (κ2) is 6.52. The van der Waals surface area contributed by atoms with Gasteiger partial charge in [-0.25, -0.2) is 0 Å². The molecular weight excluding hydrogens is 232 g/mol. The van der Waals surface area contributed by atoms with Gasteiger partial charge < -0.3 is 14.2 Å². The number of rotatable bonds is 5. The van der Waals surface area contributed by atoms with Gasteiger partial charge in [0.1, 0.15) is 5.75 Å². The summed E-state index contributed by atoms with van der Waals surface area (Å²) in [6.45, 7) is 1.44. The van der Waals surface area contributed by atoms with E-state index in [9.17, 15) is 4.79 Å². The summed E-state index contributed by atoms with van der Waals surface area (Å²) in [6.07, 6.45) is 1.74. The van der Waals surface area contributed by atoms with Crippen molar-refractivity contribution >= 4 is 5.78 Å². The summed E-state index contributed by atoms with van der Waals surface area (Å²) in [7, 11) is 1.59. The number of methoxy groups -OCH3 is 1. The molecule has 0 unspecified atom stereocenters. The molecule has 0 aliphatic carbocycles. The topological polar surface area (TPSA) is 44.8 Å². The summed E-state index contributed by atoms with van der Waals surface area (Å²) in [5, 5.41) is 0. The highest BCUT2D eigenvalue weighted by Gasteiger charge is 2.16. The highest BCUT2D eigenvalue weighted by atomic mass is 16.7. The first kappa shape index (κ1) is 13.1. The van der Waals surface area contributed by atoms with Gasteiger partial charge >= 0.3 is 0 Å². The fourth-order valence-corrected chi connectivity index (χ4v) is 1.89. The third kappa shape index (κ3) is 3.55. The summed E-state index contributed by atoms with van der Waals surface area (Å²) in [5.41, 5.74) is 0.671. The number of carbonyl (C=O) groups is 1. The molecule has 1 heterocycles. The van der Waals surface area contributed by atoms with Crippen LogP contribution in [0.25, 0.3) is 0 Å². The van der Waals surface area contributed by atoms with Crippen LogP contribution < -0.4 is 4.74 Å². The first-order chi connectivity index (χ1) is 8.79. The van der Waals surface area contributed by atoms with Crippen molar-refractivity contribution in [2.45, 2.75) is 25.6 Å². The van der Waals surface area contributed by atoms with E-state index >= 15 is 0 Å². The van der Waals surface area contributed by atoms with Gasteiger partial charge in [-0.1, -0.05) is 12.1 Å². The fourth-order valence-electron chi connectivity index (χ4n) is 1.89. The van der Waals surface area contributed by atoms with E-state index in [4.69, 9.17) is 14.2 Å². The van der Waals surface area contributed by atoms with Crippen LogP contribution in [0.15, 0.2) is 24.3 Å². The molecule has 1 fully saturated rings. The quantitative estimate of drug-likeness (QED) is 0.753. The van der Waals surface area contributed by atoms with Crippen molar-refractivity contribution in [1.29, 1.82) is 0 Å². The molecule has 0 aromatic heterocycles. The molecule has 1 aliphatic rings. The maximum Gasteiger partial charge on any atom is 0.163 e. The highest BCUT2D eigenvalue weighted by Crippen LogP contribution is 2.17. The van der Waals surface area contributed by atoms with Gasteiger partial charge in [-0.05, 0) is 18.6 Å². The Morgan fingerprint density at radius 2 is 2.17 bits per heavy atom. The van der Waals surface area contributed by atoms with Crippen molar-refractivity contribution in [1.82, 2.24) is 0 Å². The number of carbonyl (C=O) groups excluding carboxylic acids is 1. The van der Waals surface area contributed by atoms with Crippen LogP contribution in [-0.2, 0) is 9.47 Å². The first-order valence-corrected chi connectivity index (χ1v) is 6.20. The lowest BCUT2D eigenvalue weighted by atomic mass is 10.1. The molecule has 0 spiro atoms. The second-order valence-electron chi connectivity index (χ2n) is 4.22. The molecule has 0 bridgehead atoms. The molecule has 18 heavy (non-hydrogen) atoms. The molecule has 0 radical (unpaired) electrons. The summed E-state index contributed by atoms with van der Waals surface area (Å²) in [6, 6.07) is 7.20. The zero-order valence-corrected chi connectivity index (χ0v) is 10.6. The van der Waals surface area contributed by atoms with Gasteiger partial charge in [0.2, 0.25) is 0 Å². The number of ketones is 1. The average molecular weight is 250 g/mol. The molecular formula is C14H18O4. The molecule has 1 aromatic rings. The Balaban J connectivity index is 1.86. The molecule has 98 valence electrons. The molecule has 4 heteroatoms. The number of benzene rings is 1. The maximum absolute atomic E-state index is 12.0. The van der Waals surface area contributed by atoms with Gasteiger partial charge in [0.15, 0.2) is 12.1 Å². The van der Waals surface area contributed by atoms with Crippen molar-refractivity contribution in [2.75, 3.05) is 20.3 Å². The minimum atomic E-state index is -0.228. The van der Waals surface area contributed by atoms with E-state index in [1.807, 2.05) is 12.1 Å². The molecule has 1 aliphatic heterocycles. The Bertz CT molecular complexity index is 397. The van der Waals surface area contributed by atoms with E-state index in [1.165, 1.54) is 0 Å². The monoisotopic (exact) mass is 250 g/mol. The van der Waals surface area contributed by atoms with Crippen LogP contribution in [-0.4, -0.2) is 32.4 Å². The fraction of sp³-hybridized carbons (Fsp3) is 0.500. The smallest absolute Gasteiger partial charge is 0.163 e. The average Bonchev–Trinajstić information content (AvgIpc) is 2.46. The van der Waals surface area contributed by atoms with Crippen LogP contribution in [0, 0.1) is 0 Å². The normalized spacial score (nSPS) is 16.5. The van der Waals surface area contributed by atoms with E-state index in [0.29, 0.717) is 24.2 Å². The van der Waals surface area contributed by atoms with E-state index < -0.39 is 0 Å². The summed E-state index contributed by atoms with van der Waals surface area (Å²) in [5.74, 6) is 0.790. The Morgan fingerprint density at radius 1 is 1.39 bits per heavy atom. The van der Waals surface area contributed by atoms with E-state index in [-0.39, 0.29) is 12.1 Å². The SMILES string of the molecule is COc1cccc(C(=O)CCC2OCCCO2)c1. The lowest BCUT2D eigenvalue weighted by molar-refractivity contribution is -0.180. The van der Waals surface area contributed by atoms with E-state index in [2.05, 4.69) is 0 Å². The summed E-state index contributed by atoms with van der Waals surface area (Å²) < 4.78 is 15.9. The van der Waals surface area contributed by atoms with Gasteiger partial charge in [0, 0.05) is 18.4 Å². The first-order valence-electron chi connectivity index (χ1n) is 6.20. The van der Waals surface area contributed by atoms with Crippen LogP contribution in [0.5, 0.6) is 5.75 Å². The molecule has 2 rings (SSSR count). The molecule has 1 aromatic carbocycles. The molecule has 0 saturated carbocycles. The Labute approximate surface area is 107 Å². The Hall–Kier alpha value is -1.39. The van der Waals surface area contributed by atoms with Gasteiger partial charge in [-0.3, -0.25) is 4.79 Å².